The summed E-state index contributed by atoms with van der Waals surface area (Å²) >= 11 is 0. The maximum Gasteiger partial charge on any atom is 0.175 e. The largest absolute Gasteiger partial charge is 0.324 e. The van der Waals surface area contributed by atoms with E-state index in [0.717, 1.165) is 16.7 Å². The Hall–Kier alpha value is -1.65. The zero-order valence-corrected chi connectivity index (χ0v) is 11.8. The van der Waals surface area contributed by atoms with Gasteiger partial charge in [0.1, 0.15) is 0 Å². The van der Waals surface area contributed by atoms with Gasteiger partial charge in [-0.25, -0.2) is 8.42 Å². The first-order valence-electron chi connectivity index (χ1n) is 6.04. The molecule has 4 heteroatoms. The second kappa shape index (κ2) is 5.15. The molecule has 0 spiro atoms. The number of sulfone groups is 1. The van der Waals surface area contributed by atoms with E-state index < -0.39 is 9.84 Å². The van der Waals surface area contributed by atoms with Crippen LogP contribution in [-0.2, 0) is 9.84 Å². The molecule has 0 radical (unpaired) electrons. The standard InChI is InChI=1S/C15H17NO2S/c1-11(16)12-6-8-13(9-7-12)14-4-3-5-15(10-14)19(2,17)18/h3-11H,16H2,1-2H3/t11-/m1/s1. The summed E-state index contributed by atoms with van der Waals surface area (Å²) < 4.78 is 23.1. The molecule has 0 aliphatic heterocycles. The summed E-state index contributed by atoms with van der Waals surface area (Å²) in [5.41, 5.74) is 8.73. The van der Waals surface area contributed by atoms with E-state index in [1.165, 1.54) is 6.26 Å². The van der Waals surface area contributed by atoms with Gasteiger partial charge in [0.25, 0.3) is 0 Å². The van der Waals surface area contributed by atoms with E-state index in [1.54, 1.807) is 18.2 Å². The van der Waals surface area contributed by atoms with Crippen molar-refractivity contribution in [1.82, 2.24) is 0 Å². The molecule has 0 unspecified atom stereocenters. The molecule has 2 aromatic rings. The minimum atomic E-state index is -3.17. The Bertz CT molecular complexity index is 674. The topological polar surface area (TPSA) is 60.2 Å². The SMILES string of the molecule is C[C@@H](N)c1ccc(-c2cccc(S(C)(=O)=O)c2)cc1. The first-order chi connectivity index (χ1) is 8.88. The van der Waals surface area contributed by atoms with E-state index in [-0.39, 0.29) is 6.04 Å². The summed E-state index contributed by atoms with van der Waals surface area (Å²) in [6.07, 6.45) is 1.21. The number of nitrogens with two attached hydrogens (primary N) is 1. The lowest BCUT2D eigenvalue weighted by molar-refractivity contribution is 0.602. The molecule has 0 aliphatic rings. The molecule has 0 saturated carbocycles. The quantitative estimate of drug-likeness (QED) is 0.937. The smallest absolute Gasteiger partial charge is 0.175 e. The van der Waals surface area contributed by atoms with Crippen molar-refractivity contribution in [2.45, 2.75) is 17.9 Å². The van der Waals surface area contributed by atoms with Gasteiger partial charge in [-0.3, -0.25) is 0 Å². The summed E-state index contributed by atoms with van der Waals surface area (Å²) in [6, 6.07) is 14.8. The Labute approximate surface area is 114 Å². The van der Waals surface area contributed by atoms with Crippen molar-refractivity contribution in [3.8, 4) is 11.1 Å². The zero-order valence-electron chi connectivity index (χ0n) is 11.0. The van der Waals surface area contributed by atoms with E-state index in [4.69, 9.17) is 5.73 Å². The molecule has 0 aliphatic carbocycles. The van der Waals surface area contributed by atoms with E-state index in [0.29, 0.717) is 4.90 Å². The van der Waals surface area contributed by atoms with E-state index in [9.17, 15) is 8.42 Å². The number of benzene rings is 2. The fourth-order valence-electron chi connectivity index (χ4n) is 1.89. The molecule has 100 valence electrons. The van der Waals surface area contributed by atoms with Crippen molar-refractivity contribution >= 4 is 9.84 Å². The maximum atomic E-state index is 11.5. The van der Waals surface area contributed by atoms with Gasteiger partial charge in [0.15, 0.2) is 9.84 Å². The summed E-state index contributed by atoms with van der Waals surface area (Å²) in [7, 11) is -3.17. The van der Waals surface area contributed by atoms with Crippen LogP contribution < -0.4 is 5.73 Å². The van der Waals surface area contributed by atoms with Crippen molar-refractivity contribution in [1.29, 1.82) is 0 Å². The van der Waals surface area contributed by atoms with Crippen molar-refractivity contribution in [2.24, 2.45) is 5.73 Å². The normalized spacial score (nSPS) is 13.2. The number of hydrogen-bond donors (Lipinski definition) is 1. The fraction of sp³-hybridized carbons (Fsp3) is 0.200. The molecular weight excluding hydrogens is 258 g/mol. The van der Waals surface area contributed by atoms with Crippen LogP contribution in [0.1, 0.15) is 18.5 Å². The highest BCUT2D eigenvalue weighted by Crippen LogP contribution is 2.23. The minimum Gasteiger partial charge on any atom is -0.324 e. The molecule has 2 N–H and O–H groups in total. The van der Waals surface area contributed by atoms with Crippen LogP contribution in [0, 0.1) is 0 Å². The van der Waals surface area contributed by atoms with Crippen LogP contribution in [0.15, 0.2) is 53.4 Å². The molecule has 1 atom stereocenters. The van der Waals surface area contributed by atoms with Crippen molar-refractivity contribution < 1.29 is 8.42 Å². The van der Waals surface area contributed by atoms with E-state index in [1.807, 2.05) is 37.3 Å². The summed E-state index contributed by atoms with van der Waals surface area (Å²) in [5.74, 6) is 0. The highest BCUT2D eigenvalue weighted by atomic mass is 32.2. The van der Waals surface area contributed by atoms with Gasteiger partial charge in [-0.1, -0.05) is 36.4 Å². The van der Waals surface area contributed by atoms with Crippen LogP contribution in [0.25, 0.3) is 11.1 Å². The molecule has 0 amide bonds. The van der Waals surface area contributed by atoms with Crippen molar-refractivity contribution in [3.63, 3.8) is 0 Å². The second-order valence-electron chi connectivity index (χ2n) is 4.71. The Morgan fingerprint density at radius 2 is 1.63 bits per heavy atom. The van der Waals surface area contributed by atoms with Gasteiger partial charge in [0, 0.05) is 12.3 Å². The van der Waals surface area contributed by atoms with Crippen LogP contribution >= 0.6 is 0 Å². The van der Waals surface area contributed by atoms with Gasteiger partial charge < -0.3 is 5.73 Å². The fourth-order valence-corrected chi connectivity index (χ4v) is 2.55. The number of rotatable bonds is 3. The highest BCUT2D eigenvalue weighted by molar-refractivity contribution is 7.90. The molecule has 0 fully saturated rings. The maximum absolute atomic E-state index is 11.5. The van der Waals surface area contributed by atoms with E-state index >= 15 is 0 Å². The van der Waals surface area contributed by atoms with Crippen molar-refractivity contribution in [3.05, 3.63) is 54.1 Å². The Morgan fingerprint density at radius 1 is 1.00 bits per heavy atom. The van der Waals surface area contributed by atoms with Crippen LogP contribution in [0.4, 0.5) is 0 Å². The third-order valence-electron chi connectivity index (χ3n) is 3.03. The molecule has 2 aromatic carbocycles. The van der Waals surface area contributed by atoms with Gasteiger partial charge in [0.2, 0.25) is 0 Å². The Morgan fingerprint density at radius 3 is 2.16 bits per heavy atom. The average molecular weight is 275 g/mol. The molecular formula is C15H17NO2S. The lowest BCUT2D eigenvalue weighted by Gasteiger charge is -2.08. The summed E-state index contributed by atoms with van der Waals surface area (Å²) in [4.78, 5) is 0.335. The lowest BCUT2D eigenvalue weighted by atomic mass is 10.0. The predicted octanol–water partition coefficient (Wildman–Crippen LogP) is 2.78. The monoisotopic (exact) mass is 275 g/mol. The summed E-state index contributed by atoms with van der Waals surface area (Å²) in [5, 5.41) is 0. The lowest BCUT2D eigenvalue weighted by Crippen LogP contribution is -2.04. The average Bonchev–Trinajstić information content (AvgIpc) is 2.38. The first kappa shape index (κ1) is 13.8. The predicted molar refractivity (Wildman–Crippen MR) is 77.6 cm³/mol. The highest BCUT2D eigenvalue weighted by Gasteiger charge is 2.08. The van der Waals surface area contributed by atoms with Gasteiger partial charge >= 0.3 is 0 Å². The Balaban J connectivity index is 2.42. The van der Waals surface area contributed by atoms with Crippen LogP contribution in [-0.4, -0.2) is 14.7 Å². The van der Waals surface area contributed by atoms with Gasteiger partial charge in [-0.15, -0.1) is 0 Å². The van der Waals surface area contributed by atoms with Gasteiger partial charge in [0.05, 0.1) is 4.90 Å². The van der Waals surface area contributed by atoms with Crippen LogP contribution in [0.3, 0.4) is 0 Å². The summed E-state index contributed by atoms with van der Waals surface area (Å²) in [6.45, 7) is 1.93. The van der Waals surface area contributed by atoms with Crippen molar-refractivity contribution in [2.75, 3.05) is 6.26 Å². The molecule has 0 saturated heterocycles. The van der Waals surface area contributed by atoms with Crippen LogP contribution in [0.2, 0.25) is 0 Å². The molecule has 0 aromatic heterocycles. The Kier molecular flexibility index (Phi) is 3.73. The van der Waals surface area contributed by atoms with Gasteiger partial charge in [-0.2, -0.15) is 0 Å². The van der Waals surface area contributed by atoms with Gasteiger partial charge in [-0.05, 0) is 35.7 Å². The third kappa shape index (κ3) is 3.22. The molecule has 0 bridgehead atoms. The van der Waals surface area contributed by atoms with E-state index in [2.05, 4.69) is 0 Å². The number of hydrogen-bond acceptors (Lipinski definition) is 3. The third-order valence-corrected chi connectivity index (χ3v) is 4.14. The zero-order chi connectivity index (χ0) is 14.0. The van der Waals surface area contributed by atoms with Crippen LogP contribution in [0.5, 0.6) is 0 Å². The molecule has 2 rings (SSSR count). The first-order valence-corrected chi connectivity index (χ1v) is 7.93. The second-order valence-corrected chi connectivity index (χ2v) is 6.73. The molecule has 0 heterocycles. The molecule has 19 heavy (non-hydrogen) atoms. The molecule has 3 nitrogen and oxygen atoms in total. The minimum absolute atomic E-state index is 0.00333.